The molecule has 0 unspecified atom stereocenters. The second-order valence-corrected chi connectivity index (χ2v) is 5.33. The van der Waals surface area contributed by atoms with E-state index in [-0.39, 0.29) is 5.41 Å². The van der Waals surface area contributed by atoms with Gasteiger partial charge < -0.3 is 5.32 Å². The van der Waals surface area contributed by atoms with Crippen LogP contribution in [0.3, 0.4) is 0 Å². The highest BCUT2D eigenvalue weighted by Crippen LogP contribution is 2.17. The van der Waals surface area contributed by atoms with Crippen LogP contribution in [0, 0.1) is 5.41 Å². The van der Waals surface area contributed by atoms with Crippen LogP contribution in [0.4, 0.5) is 5.69 Å². The Morgan fingerprint density at radius 3 is 2.53 bits per heavy atom. The van der Waals surface area contributed by atoms with Crippen LogP contribution in [0.25, 0.3) is 5.69 Å². The van der Waals surface area contributed by atoms with E-state index in [4.69, 9.17) is 0 Å². The van der Waals surface area contributed by atoms with Gasteiger partial charge in [0.25, 0.3) is 0 Å². The first-order chi connectivity index (χ1) is 8.04. The van der Waals surface area contributed by atoms with Gasteiger partial charge in [0, 0.05) is 12.2 Å². The van der Waals surface area contributed by atoms with E-state index in [9.17, 15) is 0 Å². The lowest BCUT2D eigenvalue weighted by molar-refractivity contribution is 0.443. The number of nitrogens with one attached hydrogen (secondary N) is 1. The SMILES string of the molecule is CC(C)(C)CNc1cccc(-n2cnnc2)c1. The van der Waals surface area contributed by atoms with E-state index >= 15 is 0 Å². The Labute approximate surface area is 102 Å². The lowest BCUT2D eigenvalue weighted by Gasteiger charge is -2.19. The number of aromatic nitrogens is 3. The standard InChI is InChI=1S/C13H18N4/c1-13(2,3)8-14-11-5-4-6-12(7-11)17-9-15-16-10-17/h4-7,9-10,14H,8H2,1-3H3. The molecule has 1 heterocycles. The van der Waals surface area contributed by atoms with Crippen molar-refractivity contribution in [1.29, 1.82) is 0 Å². The van der Waals surface area contributed by atoms with Crippen LogP contribution in [0.1, 0.15) is 20.8 Å². The predicted molar refractivity (Wildman–Crippen MR) is 69.3 cm³/mol. The number of hydrogen-bond donors (Lipinski definition) is 1. The predicted octanol–water partition coefficient (Wildman–Crippen LogP) is 2.73. The Bertz CT molecular complexity index is 468. The van der Waals surface area contributed by atoms with Crippen LogP contribution in [-0.2, 0) is 0 Å². The molecule has 0 amide bonds. The Kier molecular flexibility index (Phi) is 3.13. The van der Waals surface area contributed by atoms with Crippen molar-refractivity contribution in [2.75, 3.05) is 11.9 Å². The molecule has 1 aromatic heterocycles. The normalized spacial score (nSPS) is 11.5. The quantitative estimate of drug-likeness (QED) is 0.881. The molecule has 0 atom stereocenters. The molecule has 4 nitrogen and oxygen atoms in total. The first-order valence-corrected chi connectivity index (χ1v) is 5.73. The van der Waals surface area contributed by atoms with E-state index in [1.165, 1.54) is 0 Å². The first kappa shape index (κ1) is 11.6. The molecule has 4 heteroatoms. The number of rotatable bonds is 3. The summed E-state index contributed by atoms with van der Waals surface area (Å²) >= 11 is 0. The zero-order chi connectivity index (χ0) is 12.3. The van der Waals surface area contributed by atoms with E-state index in [1.807, 2.05) is 16.7 Å². The molecule has 0 bridgehead atoms. The van der Waals surface area contributed by atoms with Crippen molar-refractivity contribution in [3.63, 3.8) is 0 Å². The van der Waals surface area contributed by atoms with Gasteiger partial charge in [-0.2, -0.15) is 0 Å². The van der Waals surface area contributed by atoms with Crippen molar-refractivity contribution in [2.24, 2.45) is 5.41 Å². The summed E-state index contributed by atoms with van der Waals surface area (Å²) in [6, 6.07) is 8.22. The molecule has 0 aliphatic heterocycles. The van der Waals surface area contributed by atoms with Gasteiger partial charge in [0.05, 0.1) is 5.69 Å². The Hall–Kier alpha value is -1.84. The van der Waals surface area contributed by atoms with Gasteiger partial charge in [-0.1, -0.05) is 26.8 Å². The summed E-state index contributed by atoms with van der Waals surface area (Å²) in [7, 11) is 0. The fourth-order valence-electron chi connectivity index (χ4n) is 1.48. The van der Waals surface area contributed by atoms with Crippen molar-refractivity contribution < 1.29 is 0 Å². The Morgan fingerprint density at radius 1 is 1.18 bits per heavy atom. The summed E-state index contributed by atoms with van der Waals surface area (Å²) in [5.41, 5.74) is 2.45. The molecule has 0 saturated heterocycles. The highest BCUT2D eigenvalue weighted by Gasteiger charge is 2.09. The van der Waals surface area contributed by atoms with Gasteiger partial charge in [-0.15, -0.1) is 10.2 Å². The van der Waals surface area contributed by atoms with E-state index in [0.29, 0.717) is 0 Å². The van der Waals surface area contributed by atoms with E-state index < -0.39 is 0 Å². The van der Waals surface area contributed by atoms with Crippen molar-refractivity contribution in [3.8, 4) is 5.69 Å². The number of nitrogens with zero attached hydrogens (tertiary/aromatic N) is 3. The van der Waals surface area contributed by atoms with Crippen molar-refractivity contribution in [1.82, 2.24) is 14.8 Å². The summed E-state index contributed by atoms with van der Waals surface area (Å²) in [6.07, 6.45) is 3.39. The number of benzene rings is 1. The second-order valence-electron chi connectivity index (χ2n) is 5.33. The maximum absolute atomic E-state index is 3.81. The van der Waals surface area contributed by atoms with Crippen LogP contribution in [-0.4, -0.2) is 21.3 Å². The molecule has 0 saturated carbocycles. The zero-order valence-electron chi connectivity index (χ0n) is 10.5. The van der Waals surface area contributed by atoms with E-state index in [0.717, 1.165) is 17.9 Å². The summed E-state index contributed by atoms with van der Waals surface area (Å²) in [5.74, 6) is 0. The van der Waals surface area contributed by atoms with Gasteiger partial charge in [0.2, 0.25) is 0 Å². The van der Waals surface area contributed by atoms with Gasteiger partial charge in [-0.3, -0.25) is 4.57 Å². The molecule has 90 valence electrons. The molecule has 0 fully saturated rings. The molecule has 0 aliphatic carbocycles. The van der Waals surface area contributed by atoms with Gasteiger partial charge >= 0.3 is 0 Å². The number of hydrogen-bond acceptors (Lipinski definition) is 3. The highest BCUT2D eigenvalue weighted by molar-refractivity contribution is 5.51. The largest absolute Gasteiger partial charge is 0.384 e. The molecule has 17 heavy (non-hydrogen) atoms. The van der Waals surface area contributed by atoms with Gasteiger partial charge in [-0.05, 0) is 23.6 Å². The zero-order valence-corrected chi connectivity index (χ0v) is 10.5. The van der Waals surface area contributed by atoms with Crippen LogP contribution in [0.2, 0.25) is 0 Å². The smallest absolute Gasteiger partial charge is 0.123 e. The molecule has 1 N–H and O–H groups in total. The van der Waals surface area contributed by atoms with Gasteiger partial charge in [0.1, 0.15) is 12.7 Å². The lowest BCUT2D eigenvalue weighted by Crippen LogP contribution is -2.19. The van der Waals surface area contributed by atoms with E-state index in [1.54, 1.807) is 12.7 Å². The van der Waals surface area contributed by atoms with Crippen LogP contribution in [0.15, 0.2) is 36.9 Å². The number of anilines is 1. The van der Waals surface area contributed by atoms with Crippen LogP contribution < -0.4 is 5.32 Å². The van der Waals surface area contributed by atoms with E-state index in [2.05, 4.69) is 48.4 Å². The third-order valence-corrected chi connectivity index (χ3v) is 2.39. The van der Waals surface area contributed by atoms with Gasteiger partial charge in [-0.25, -0.2) is 0 Å². The molecule has 2 aromatic rings. The van der Waals surface area contributed by atoms with Crippen molar-refractivity contribution >= 4 is 5.69 Å². The Morgan fingerprint density at radius 2 is 1.88 bits per heavy atom. The molecule has 0 aliphatic rings. The fraction of sp³-hybridized carbons (Fsp3) is 0.385. The maximum Gasteiger partial charge on any atom is 0.123 e. The monoisotopic (exact) mass is 230 g/mol. The average molecular weight is 230 g/mol. The third kappa shape index (κ3) is 3.31. The molecule has 0 radical (unpaired) electrons. The average Bonchev–Trinajstić information content (AvgIpc) is 2.79. The fourth-order valence-corrected chi connectivity index (χ4v) is 1.48. The molecule has 0 spiro atoms. The summed E-state index contributed by atoms with van der Waals surface area (Å²) in [6.45, 7) is 7.58. The van der Waals surface area contributed by atoms with Crippen molar-refractivity contribution in [3.05, 3.63) is 36.9 Å². The lowest BCUT2D eigenvalue weighted by atomic mass is 9.97. The summed E-state index contributed by atoms with van der Waals surface area (Å²) in [4.78, 5) is 0. The first-order valence-electron chi connectivity index (χ1n) is 5.73. The summed E-state index contributed by atoms with van der Waals surface area (Å²) in [5, 5.41) is 11.0. The van der Waals surface area contributed by atoms with Crippen LogP contribution >= 0.6 is 0 Å². The van der Waals surface area contributed by atoms with Crippen molar-refractivity contribution in [2.45, 2.75) is 20.8 Å². The molecule has 1 aromatic carbocycles. The van der Waals surface area contributed by atoms with Gasteiger partial charge in [0.15, 0.2) is 0 Å². The highest BCUT2D eigenvalue weighted by atomic mass is 15.2. The third-order valence-electron chi connectivity index (χ3n) is 2.39. The minimum absolute atomic E-state index is 0.270. The topological polar surface area (TPSA) is 42.7 Å². The molecular weight excluding hydrogens is 212 g/mol. The van der Waals surface area contributed by atoms with Crippen LogP contribution in [0.5, 0.6) is 0 Å². The molecule has 2 rings (SSSR count). The Balaban J connectivity index is 2.12. The second kappa shape index (κ2) is 4.57. The minimum atomic E-state index is 0.270. The summed E-state index contributed by atoms with van der Waals surface area (Å²) < 4.78 is 1.89. The minimum Gasteiger partial charge on any atom is -0.384 e. The maximum atomic E-state index is 3.81. The molecular formula is C13H18N4.